The van der Waals surface area contributed by atoms with Crippen molar-refractivity contribution in [2.45, 2.75) is 62.7 Å². The summed E-state index contributed by atoms with van der Waals surface area (Å²) in [7, 11) is 1.68. The molecule has 4 nitrogen and oxygen atoms in total. The standard InChI is InChI=1S/C21H31NO3S2/c1-21(2,3)27-12-11-22-19(23)14-26-20(22)15-9-10-17(24-4)18(13-15)25-16-7-5-6-8-16/h9-10,13,16,20H,5-8,11-12,14H2,1-4H3. The summed E-state index contributed by atoms with van der Waals surface area (Å²) in [5.74, 6) is 3.32. The zero-order valence-electron chi connectivity index (χ0n) is 16.8. The molecule has 1 unspecified atom stereocenters. The lowest BCUT2D eigenvalue weighted by Crippen LogP contribution is -2.31. The predicted molar refractivity (Wildman–Crippen MR) is 115 cm³/mol. The van der Waals surface area contributed by atoms with Gasteiger partial charge >= 0.3 is 0 Å². The molecule has 0 N–H and O–H groups in total. The highest BCUT2D eigenvalue weighted by atomic mass is 32.2. The molecule has 150 valence electrons. The summed E-state index contributed by atoms with van der Waals surface area (Å²) in [6.07, 6.45) is 4.98. The lowest BCUT2D eigenvalue weighted by atomic mass is 10.1. The quantitative estimate of drug-likeness (QED) is 0.625. The molecule has 1 amide bonds. The largest absolute Gasteiger partial charge is 0.493 e. The second-order valence-electron chi connectivity index (χ2n) is 8.15. The summed E-state index contributed by atoms with van der Waals surface area (Å²) in [4.78, 5) is 14.5. The molecule has 27 heavy (non-hydrogen) atoms. The molecule has 1 aliphatic carbocycles. The van der Waals surface area contributed by atoms with Crippen LogP contribution in [0, 0.1) is 0 Å². The number of hydrogen-bond acceptors (Lipinski definition) is 5. The number of carbonyl (C=O) groups excluding carboxylic acids is 1. The van der Waals surface area contributed by atoms with Crippen molar-refractivity contribution in [1.82, 2.24) is 4.90 Å². The Hall–Kier alpha value is -1.01. The molecule has 0 radical (unpaired) electrons. The van der Waals surface area contributed by atoms with E-state index in [1.807, 2.05) is 22.7 Å². The zero-order valence-corrected chi connectivity index (χ0v) is 18.5. The van der Waals surface area contributed by atoms with Crippen LogP contribution in [0.1, 0.15) is 57.4 Å². The first-order valence-corrected chi connectivity index (χ1v) is 11.8. The van der Waals surface area contributed by atoms with Gasteiger partial charge in [0.15, 0.2) is 11.5 Å². The molecule has 6 heteroatoms. The average molecular weight is 410 g/mol. The van der Waals surface area contributed by atoms with E-state index < -0.39 is 0 Å². The lowest BCUT2D eigenvalue weighted by molar-refractivity contribution is -0.127. The number of hydrogen-bond donors (Lipinski definition) is 0. The molecule has 3 rings (SSSR count). The van der Waals surface area contributed by atoms with Gasteiger partial charge in [-0.1, -0.05) is 26.8 Å². The Balaban J connectivity index is 1.73. The highest BCUT2D eigenvalue weighted by molar-refractivity contribution is 8.01. The first kappa shape index (κ1) is 20.7. The molecule has 0 spiro atoms. The van der Waals surface area contributed by atoms with E-state index in [1.54, 1.807) is 18.9 Å². The summed E-state index contributed by atoms with van der Waals surface area (Å²) >= 11 is 3.61. The molecule has 2 aliphatic rings. The Morgan fingerprint density at radius 1 is 1.22 bits per heavy atom. The Morgan fingerprint density at radius 3 is 2.63 bits per heavy atom. The molecule has 1 aromatic carbocycles. The molecule has 1 aromatic rings. The number of rotatable bonds is 7. The third kappa shape index (κ3) is 5.50. The second kappa shape index (κ2) is 8.99. The van der Waals surface area contributed by atoms with Gasteiger partial charge in [-0.25, -0.2) is 0 Å². The van der Waals surface area contributed by atoms with E-state index in [2.05, 4.69) is 32.9 Å². The molecule has 1 atom stereocenters. The number of amides is 1. The van der Waals surface area contributed by atoms with Crippen LogP contribution >= 0.6 is 23.5 Å². The molecule has 1 aliphatic heterocycles. The van der Waals surface area contributed by atoms with Crippen molar-refractivity contribution in [2.75, 3.05) is 25.2 Å². The van der Waals surface area contributed by atoms with Crippen LogP contribution in [0.3, 0.4) is 0 Å². The van der Waals surface area contributed by atoms with E-state index in [0.717, 1.165) is 42.2 Å². The van der Waals surface area contributed by atoms with Crippen LogP contribution in [-0.4, -0.2) is 46.8 Å². The predicted octanol–water partition coefficient (Wildman–Crippen LogP) is 5.12. The topological polar surface area (TPSA) is 38.8 Å². The van der Waals surface area contributed by atoms with Crippen LogP contribution in [0.2, 0.25) is 0 Å². The summed E-state index contributed by atoms with van der Waals surface area (Å²) in [5, 5.41) is 0.0647. The molecule has 1 heterocycles. The number of nitrogens with zero attached hydrogens (tertiary/aromatic N) is 1. The minimum Gasteiger partial charge on any atom is -0.493 e. The third-order valence-corrected chi connectivity index (χ3v) is 7.41. The van der Waals surface area contributed by atoms with E-state index in [9.17, 15) is 4.79 Å². The maximum absolute atomic E-state index is 12.4. The normalized spacial score (nSPS) is 21.1. The van der Waals surface area contributed by atoms with Crippen LogP contribution < -0.4 is 9.47 Å². The SMILES string of the molecule is COc1ccc(C2SCC(=O)N2CCSC(C)(C)C)cc1OC1CCCC1. The van der Waals surface area contributed by atoms with Crippen molar-refractivity contribution in [3.05, 3.63) is 23.8 Å². The average Bonchev–Trinajstić information content (AvgIpc) is 3.24. The third-order valence-electron chi connectivity index (χ3n) is 4.90. The molecular formula is C21H31NO3S2. The highest BCUT2D eigenvalue weighted by Crippen LogP contribution is 2.42. The van der Waals surface area contributed by atoms with Crippen LogP contribution in [0.5, 0.6) is 11.5 Å². The van der Waals surface area contributed by atoms with Crippen molar-refractivity contribution in [2.24, 2.45) is 0 Å². The summed E-state index contributed by atoms with van der Waals surface area (Å²) in [6, 6.07) is 6.13. The van der Waals surface area contributed by atoms with Crippen molar-refractivity contribution < 1.29 is 14.3 Å². The van der Waals surface area contributed by atoms with Crippen molar-refractivity contribution >= 4 is 29.4 Å². The van der Waals surface area contributed by atoms with Gasteiger partial charge in [-0.2, -0.15) is 11.8 Å². The fourth-order valence-electron chi connectivity index (χ4n) is 3.55. The molecular weight excluding hydrogens is 378 g/mol. The molecule has 2 fully saturated rings. The molecule has 1 saturated heterocycles. The molecule has 0 bridgehead atoms. The van der Waals surface area contributed by atoms with Gasteiger partial charge in [0.25, 0.3) is 0 Å². The van der Waals surface area contributed by atoms with E-state index in [1.165, 1.54) is 12.8 Å². The molecule has 0 aromatic heterocycles. The van der Waals surface area contributed by atoms with Crippen molar-refractivity contribution in [1.29, 1.82) is 0 Å². The van der Waals surface area contributed by atoms with Gasteiger partial charge in [0.2, 0.25) is 5.91 Å². The Bertz CT molecular complexity index is 653. The minimum absolute atomic E-state index is 0.0647. The number of thioether (sulfide) groups is 2. The fourth-order valence-corrected chi connectivity index (χ4v) is 5.66. The van der Waals surface area contributed by atoms with E-state index >= 15 is 0 Å². The fraction of sp³-hybridized carbons (Fsp3) is 0.667. The van der Waals surface area contributed by atoms with Gasteiger partial charge in [0.05, 0.1) is 19.0 Å². The van der Waals surface area contributed by atoms with Crippen LogP contribution in [0.4, 0.5) is 0 Å². The number of methoxy groups -OCH3 is 1. The number of carbonyl (C=O) groups is 1. The van der Waals surface area contributed by atoms with Crippen LogP contribution in [-0.2, 0) is 4.79 Å². The van der Waals surface area contributed by atoms with Crippen molar-refractivity contribution in [3.63, 3.8) is 0 Å². The van der Waals surface area contributed by atoms with Gasteiger partial charge < -0.3 is 14.4 Å². The van der Waals surface area contributed by atoms with Gasteiger partial charge in [-0.15, -0.1) is 11.8 Å². The van der Waals surface area contributed by atoms with E-state index in [4.69, 9.17) is 9.47 Å². The van der Waals surface area contributed by atoms with Crippen molar-refractivity contribution in [3.8, 4) is 11.5 Å². The van der Waals surface area contributed by atoms with E-state index in [0.29, 0.717) is 5.75 Å². The highest BCUT2D eigenvalue weighted by Gasteiger charge is 2.33. The number of benzene rings is 1. The summed E-state index contributed by atoms with van der Waals surface area (Å²) < 4.78 is 12.0. The minimum atomic E-state index is 0.0647. The second-order valence-corrected chi connectivity index (χ2v) is 11.1. The van der Waals surface area contributed by atoms with E-state index in [-0.39, 0.29) is 22.1 Å². The Morgan fingerprint density at radius 2 is 1.96 bits per heavy atom. The Labute approximate surface area is 171 Å². The zero-order chi connectivity index (χ0) is 19.4. The first-order chi connectivity index (χ1) is 12.9. The first-order valence-electron chi connectivity index (χ1n) is 9.77. The van der Waals surface area contributed by atoms with Gasteiger partial charge in [-0.05, 0) is 43.4 Å². The molecule has 1 saturated carbocycles. The smallest absolute Gasteiger partial charge is 0.233 e. The number of ether oxygens (including phenoxy) is 2. The van der Waals surface area contributed by atoms with Gasteiger partial charge in [0.1, 0.15) is 5.37 Å². The van der Waals surface area contributed by atoms with Crippen LogP contribution in [0.25, 0.3) is 0 Å². The summed E-state index contributed by atoms with van der Waals surface area (Å²) in [5.41, 5.74) is 1.13. The Kier molecular flexibility index (Phi) is 6.90. The maximum Gasteiger partial charge on any atom is 0.233 e. The monoisotopic (exact) mass is 409 g/mol. The van der Waals surface area contributed by atoms with Crippen LogP contribution in [0.15, 0.2) is 18.2 Å². The maximum atomic E-state index is 12.4. The van der Waals surface area contributed by atoms with Gasteiger partial charge in [0, 0.05) is 17.0 Å². The lowest BCUT2D eigenvalue weighted by Gasteiger charge is -2.27. The summed E-state index contributed by atoms with van der Waals surface area (Å²) in [6.45, 7) is 7.42. The van der Waals surface area contributed by atoms with Gasteiger partial charge in [-0.3, -0.25) is 4.79 Å².